The Morgan fingerprint density at radius 3 is 2.44 bits per heavy atom. The molecule has 0 spiro atoms. The molecule has 92 valence electrons. The fourth-order valence-corrected chi connectivity index (χ4v) is 1.73. The third-order valence-electron chi connectivity index (χ3n) is 3.24. The molecule has 0 aliphatic rings. The van der Waals surface area contributed by atoms with Gasteiger partial charge in [0.15, 0.2) is 0 Å². The fourth-order valence-electron chi connectivity index (χ4n) is 1.73. The number of hydrogen-bond donors (Lipinski definition) is 1. The average Bonchev–Trinajstić information content (AvgIpc) is 2.59. The van der Waals surface area contributed by atoms with Crippen molar-refractivity contribution in [2.75, 3.05) is 6.54 Å². The normalized spacial score (nSPS) is 16.1. The molecule has 0 aliphatic heterocycles. The first-order valence-corrected chi connectivity index (χ1v) is 5.65. The van der Waals surface area contributed by atoms with Gasteiger partial charge in [0.1, 0.15) is 5.67 Å². The van der Waals surface area contributed by atoms with Crippen LogP contribution >= 0.6 is 0 Å². The molecule has 0 bridgehead atoms. The minimum absolute atomic E-state index is 0.0662. The minimum atomic E-state index is -1.32. The Balaban J connectivity index is 2.65. The molecule has 0 aliphatic carbocycles. The predicted octanol–water partition coefficient (Wildman–Crippen LogP) is 2.07. The number of aryl methyl sites for hydroxylation is 2. The quantitative estimate of drug-likeness (QED) is 0.855. The van der Waals surface area contributed by atoms with E-state index in [1.54, 1.807) is 10.9 Å². The Morgan fingerprint density at radius 2 is 2.06 bits per heavy atom. The van der Waals surface area contributed by atoms with E-state index in [1.165, 1.54) is 0 Å². The monoisotopic (exact) mass is 227 g/mol. The van der Waals surface area contributed by atoms with E-state index in [0.717, 1.165) is 5.56 Å². The van der Waals surface area contributed by atoms with E-state index < -0.39 is 11.1 Å². The molecule has 3 nitrogen and oxygen atoms in total. The van der Waals surface area contributed by atoms with Crippen LogP contribution in [0.5, 0.6) is 0 Å². The molecule has 1 aromatic rings. The van der Waals surface area contributed by atoms with Gasteiger partial charge in [0.25, 0.3) is 0 Å². The second-order valence-corrected chi connectivity index (χ2v) is 5.44. The summed E-state index contributed by atoms with van der Waals surface area (Å²) in [6.45, 7) is 5.74. The van der Waals surface area contributed by atoms with E-state index in [4.69, 9.17) is 5.73 Å². The van der Waals surface area contributed by atoms with Crippen LogP contribution in [0.3, 0.4) is 0 Å². The van der Waals surface area contributed by atoms with Crippen LogP contribution in [-0.4, -0.2) is 22.0 Å². The number of hydrogen-bond acceptors (Lipinski definition) is 2. The van der Waals surface area contributed by atoms with Crippen molar-refractivity contribution in [3.63, 3.8) is 0 Å². The largest absolute Gasteiger partial charge is 0.328 e. The van der Waals surface area contributed by atoms with Gasteiger partial charge in [-0.2, -0.15) is 5.10 Å². The Labute approximate surface area is 96.8 Å². The van der Waals surface area contributed by atoms with Gasteiger partial charge in [-0.1, -0.05) is 20.8 Å². The molecule has 1 rings (SSSR count). The summed E-state index contributed by atoms with van der Waals surface area (Å²) >= 11 is 0. The van der Waals surface area contributed by atoms with Gasteiger partial charge in [0, 0.05) is 19.8 Å². The second-order valence-electron chi connectivity index (χ2n) is 5.44. The smallest absolute Gasteiger partial charge is 0.128 e. The molecular formula is C12H22FN3. The highest BCUT2D eigenvalue weighted by Crippen LogP contribution is 2.37. The molecular weight excluding hydrogens is 205 g/mol. The van der Waals surface area contributed by atoms with Crippen molar-refractivity contribution >= 4 is 0 Å². The summed E-state index contributed by atoms with van der Waals surface area (Å²) < 4.78 is 16.3. The second kappa shape index (κ2) is 4.53. The van der Waals surface area contributed by atoms with Gasteiger partial charge < -0.3 is 5.73 Å². The Bertz CT molecular complexity index is 340. The van der Waals surface area contributed by atoms with E-state index in [-0.39, 0.29) is 6.54 Å². The molecule has 1 unspecified atom stereocenters. The molecule has 16 heavy (non-hydrogen) atoms. The highest BCUT2D eigenvalue weighted by molar-refractivity contribution is 5.06. The maximum atomic E-state index is 14.6. The lowest BCUT2D eigenvalue weighted by Crippen LogP contribution is -2.45. The van der Waals surface area contributed by atoms with Gasteiger partial charge in [-0.15, -0.1) is 0 Å². The van der Waals surface area contributed by atoms with Crippen molar-refractivity contribution in [2.45, 2.75) is 39.3 Å². The number of nitrogens with two attached hydrogens (primary N) is 1. The van der Waals surface area contributed by atoms with Gasteiger partial charge in [-0.3, -0.25) is 4.68 Å². The van der Waals surface area contributed by atoms with Crippen molar-refractivity contribution in [3.05, 3.63) is 18.0 Å². The van der Waals surface area contributed by atoms with E-state index in [0.29, 0.717) is 12.8 Å². The summed E-state index contributed by atoms with van der Waals surface area (Å²) in [6.07, 6.45) is 4.82. The van der Waals surface area contributed by atoms with E-state index >= 15 is 0 Å². The molecule has 2 N–H and O–H groups in total. The summed E-state index contributed by atoms with van der Waals surface area (Å²) in [4.78, 5) is 0. The Hall–Kier alpha value is -0.900. The van der Waals surface area contributed by atoms with Gasteiger partial charge >= 0.3 is 0 Å². The molecule has 1 heterocycles. The lowest BCUT2D eigenvalue weighted by Gasteiger charge is -2.37. The maximum absolute atomic E-state index is 14.6. The van der Waals surface area contributed by atoms with Crippen molar-refractivity contribution < 1.29 is 4.39 Å². The lowest BCUT2D eigenvalue weighted by molar-refractivity contribution is 0.0296. The number of alkyl halides is 1. The first-order valence-electron chi connectivity index (χ1n) is 5.65. The van der Waals surface area contributed by atoms with Gasteiger partial charge in [0.2, 0.25) is 0 Å². The number of aromatic nitrogens is 2. The summed E-state index contributed by atoms with van der Waals surface area (Å²) in [5, 5.41) is 4.07. The van der Waals surface area contributed by atoms with E-state index in [2.05, 4.69) is 5.10 Å². The summed E-state index contributed by atoms with van der Waals surface area (Å²) in [7, 11) is 1.86. The minimum Gasteiger partial charge on any atom is -0.328 e. The van der Waals surface area contributed by atoms with Crippen LogP contribution in [-0.2, 0) is 13.5 Å². The van der Waals surface area contributed by atoms with E-state index in [1.807, 2.05) is 34.0 Å². The number of rotatable bonds is 4. The topological polar surface area (TPSA) is 43.8 Å². The summed E-state index contributed by atoms with van der Waals surface area (Å²) in [5.41, 5.74) is 4.88. The summed E-state index contributed by atoms with van der Waals surface area (Å²) in [6, 6.07) is 0. The van der Waals surface area contributed by atoms with Crippen LogP contribution in [0.4, 0.5) is 4.39 Å². The SMILES string of the molecule is Cn1cc(CCC(F)(CN)C(C)(C)C)cn1. The van der Waals surface area contributed by atoms with Crippen LogP contribution in [0, 0.1) is 5.41 Å². The Morgan fingerprint density at radius 1 is 1.44 bits per heavy atom. The standard InChI is InChI=1S/C12H22FN3/c1-11(2,3)12(13,9-14)6-5-10-7-15-16(4)8-10/h7-8H,5-6,9,14H2,1-4H3. The van der Waals surface area contributed by atoms with Crippen LogP contribution in [0.2, 0.25) is 0 Å². The zero-order chi connectivity index (χ0) is 12.4. The maximum Gasteiger partial charge on any atom is 0.128 e. The van der Waals surface area contributed by atoms with Crippen LogP contribution in [0.25, 0.3) is 0 Å². The zero-order valence-electron chi connectivity index (χ0n) is 10.6. The fraction of sp³-hybridized carbons (Fsp3) is 0.750. The summed E-state index contributed by atoms with van der Waals surface area (Å²) in [5.74, 6) is 0. The Kier molecular flexibility index (Phi) is 3.73. The van der Waals surface area contributed by atoms with Crippen molar-refractivity contribution in [1.29, 1.82) is 0 Å². The molecule has 0 aromatic carbocycles. The highest BCUT2D eigenvalue weighted by atomic mass is 19.1. The highest BCUT2D eigenvalue weighted by Gasteiger charge is 2.40. The molecule has 0 saturated heterocycles. The van der Waals surface area contributed by atoms with Crippen molar-refractivity contribution in [1.82, 2.24) is 9.78 Å². The number of halogens is 1. The molecule has 0 radical (unpaired) electrons. The third kappa shape index (κ3) is 2.82. The first kappa shape index (κ1) is 13.2. The zero-order valence-corrected chi connectivity index (χ0v) is 10.6. The molecule has 1 atom stereocenters. The van der Waals surface area contributed by atoms with Crippen LogP contribution < -0.4 is 5.73 Å². The van der Waals surface area contributed by atoms with Crippen LogP contribution in [0.15, 0.2) is 12.4 Å². The molecule has 0 saturated carbocycles. The van der Waals surface area contributed by atoms with Gasteiger partial charge in [0.05, 0.1) is 6.20 Å². The van der Waals surface area contributed by atoms with Gasteiger partial charge in [-0.05, 0) is 23.8 Å². The first-order chi connectivity index (χ1) is 7.28. The number of nitrogens with zero attached hydrogens (tertiary/aromatic N) is 2. The molecule has 0 fully saturated rings. The average molecular weight is 227 g/mol. The molecule has 0 amide bonds. The predicted molar refractivity (Wildman–Crippen MR) is 63.9 cm³/mol. The third-order valence-corrected chi connectivity index (χ3v) is 3.24. The molecule has 1 aromatic heterocycles. The van der Waals surface area contributed by atoms with E-state index in [9.17, 15) is 4.39 Å². The van der Waals surface area contributed by atoms with Gasteiger partial charge in [-0.25, -0.2) is 4.39 Å². The van der Waals surface area contributed by atoms with Crippen molar-refractivity contribution in [3.8, 4) is 0 Å². The van der Waals surface area contributed by atoms with Crippen molar-refractivity contribution in [2.24, 2.45) is 18.2 Å². The lowest BCUT2D eigenvalue weighted by atomic mass is 9.75. The van der Waals surface area contributed by atoms with Crippen LogP contribution in [0.1, 0.15) is 32.8 Å². The molecule has 4 heteroatoms.